The molecule has 0 unspecified atom stereocenters. The number of aryl methyl sites for hydroxylation is 1. The molecular formula is C18H17ClN2O3S. The molecule has 0 N–H and O–H groups in total. The molecule has 3 rings (SSSR count). The largest absolute Gasteiger partial charge is 0.425 e. The Bertz CT molecular complexity index is 1010. The van der Waals surface area contributed by atoms with E-state index in [-0.39, 0.29) is 18.0 Å². The Labute approximate surface area is 153 Å². The molecule has 2 aromatic heterocycles. The van der Waals surface area contributed by atoms with Gasteiger partial charge >= 0.3 is 5.97 Å². The summed E-state index contributed by atoms with van der Waals surface area (Å²) in [6, 6.07) is 5.27. The van der Waals surface area contributed by atoms with Crippen LogP contribution in [-0.2, 0) is 11.3 Å². The number of fused-ring (bicyclic) bond motifs is 1. The van der Waals surface area contributed by atoms with Gasteiger partial charge in [0.2, 0.25) is 0 Å². The average molecular weight is 377 g/mol. The fraction of sp³-hybridized carbons (Fsp3) is 0.278. The zero-order chi connectivity index (χ0) is 18.1. The third kappa shape index (κ3) is 3.60. The molecule has 1 aromatic carbocycles. The van der Waals surface area contributed by atoms with Crippen molar-refractivity contribution in [1.82, 2.24) is 9.55 Å². The fourth-order valence-electron chi connectivity index (χ4n) is 2.51. The van der Waals surface area contributed by atoms with Crippen LogP contribution in [0.25, 0.3) is 10.2 Å². The lowest BCUT2D eigenvalue weighted by molar-refractivity contribution is -0.135. The maximum Gasteiger partial charge on any atom is 0.331 e. The lowest BCUT2D eigenvalue weighted by Crippen LogP contribution is -2.26. The topological polar surface area (TPSA) is 61.2 Å². The second-order valence-corrected chi connectivity index (χ2v) is 7.39. The number of carbonyl (C=O) groups excluding carboxylic acids is 1. The van der Waals surface area contributed by atoms with Crippen LogP contribution < -0.4 is 10.3 Å². The van der Waals surface area contributed by atoms with Gasteiger partial charge in [-0.1, -0.05) is 25.4 Å². The van der Waals surface area contributed by atoms with Crippen LogP contribution in [0.5, 0.6) is 5.75 Å². The van der Waals surface area contributed by atoms with Crippen molar-refractivity contribution >= 4 is 39.1 Å². The summed E-state index contributed by atoms with van der Waals surface area (Å²) < 4.78 is 6.77. The number of esters is 1. The van der Waals surface area contributed by atoms with Gasteiger partial charge in [0.1, 0.15) is 17.1 Å². The van der Waals surface area contributed by atoms with Gasteiger partial charge < -0.3 is 4.74 Å². The van der Waals surface area contributed by atoms with Crippen LogP contribution in [0.4, 0.5) is 0 Å². The summed E-state index contributed by atoms with van der Waals surface area (Å²) in [7, 11) is 0. The summed E-state index contributed by atoms with van der Waals surface area (Å²) in [5.74, 6) is 0.0917. The number of nitrogens with zero attached hydrogens (tertiary/aromatic N) is 2. The highest BCUT2D eigenvalue weighted by atomic mass is 35.5. The number of hydrogen-bond donors (Lipinski definition) is 0. The lowest BCUT2D eigenvalue weighted by Gasteiger charge is -2.15. The fourth-order valence-corrected chi connectivity index (χ4v) is 3.41. The van der Waals surface area contributed by atoms with E-state index in [1.54, 1.807) is 17.5 Å². The molecule has 0 radical (unpaired) electrons. The van der Waals surface area contributed by atoms with E-state index in [1.807, 2.05) is 26.8 Å². The van der Waals surface area contributed by atoms with Crippen molar-refractivity contribution < 1.29 is 9.53 Å². The minimum absolute atomic E-state index is 0.146. The molecule has 0 fully saturated rings. The molecule has 0 spiro atoms. The Kier molecular flexibility index (Phi) is 4.92. The predicted octanol–water partition coefficient (Wildman–Crippen LogP) is 4.15. The highest BCUT2D eigenvalue weighted by Crippen LogP contribution is 2.32. The average Bonchev–Trinajstić information content (AvgIpc) is 3.02. The minimum Gasteiger partial charge on any atom is -0.425 e. The predicted molar refractivity (Wildman–Crippen MR) is 99.8 cm³/mol. The maximum atomic E-state index is 12.4. The molecule has 3 aromatic rings. The van der Waals surface area contributed by atoms with E-state index in [9.17, 15) is 9.59 Å². The highest BCUT2D eigenvalue weighted by Gasteiger charge is 2.16. The quantitative estimate of drug-likeness (QED) is 0.507. The molecule has 5 nitrogen and oxygen atoms in total. The molecule has 0 aliphatic heterocycles. The zero-order valence-corrected chi connectivity index (χ0v) is 15.6. The summed E-state index contributed by atoms with van der Waals surface area (Å²) in [6.07, 6.45) is 1.37. The van der Waals surface area contributed by atoms with Crippen LogP contribution in [-0.4, -0.2) is 15.5 Å². The van der Waals surface area contributed by atoms with Crippen molar-refractivity contribution in [2.75, 3.05) is 0 Å². The van der Waals surface area contributed by atoms with Gasteiger partial charge in [-0.15, -0.1) is 11.3 Å². The first-order valence-corrected chi connectivity index (χ1v) is 9.06. The van der Waals surface area contributed by atoms with Crippen molar-refractivity contribution in [3.05, 3.63) is 56.4 Å². The molecule has 0 atom stereocenters. The van der Waals surface area contributed by atoms with Gasteiger partial charge in [-0.25, -0.2) is 9.78 Å². The van der Waals surface area contributed by atoms with Crippen LogP contribution in [0, 0.1) is 6.92 Å². The van der Waals surface area contributed by atoms with Crippen LogP contribution in [0.2, 0.25) is 5.02 Å². The molecule has 0 aliphatic carbocycles. The third-order valence-corrected chi connectivity index (χ3v) is 5.11. The number of rotatable bonds is 4. The Morgan fingerprint density at radius 3 is 2.88 bits per heavy atom. The van der Waals surface area contributed by atoms with Crippen molar-refractivity contribution in [1.29, 1.82) is 0 Å². The summed E-state index contributed by atoms with van der Waals surface area (Å²) in [5.41, 5.74) is 1.43. The molecule has 2 heterocycles. The number of ether oxygens (including phenoxy) is 1. The molecule has 130 valence electrons. The second-order valence-electron chi connectivity index (χ2n) is 6.09. The number of hydrogen-bond acceptors (Lipinski definition) is 5. The van der Waals surface area contributed by atoms with Gasteiger partial charge in [0, 0.05) is 5.02 Å². The Balaban J connectivity index is 1.86. The van der Waals surface area contributed by atoms with Crippen molar-refractivity contribution in [2.45, 2.75) is 33.2 Å². The molecule has 0 aliphatic rings. The lowest BCUT2D eigenvalue weighted by atomic mass is 10.0. The molecule has 25 heavy (non-hydrogen) atoms. The number of halogens is 1. The number of thiophene rings is 1. The molecule has 0 saturated carbocycles. The SMILES string of the molecule is Cc1cc(OC(=O)Cn2cnc3sccc3c2=O)c(C(C)C)cc1Cl. The molecule has 7 heteroatoms. The number of aromatic nitrogens is 2. The van der Waals surface area contributed by atoms with E-state index >= 15 is 0 Å². The van der Waals surface area contributed by atoms with E-state index in [0.29, 0.717) is 21.0 Å². The van der Waals surface area contributed by atoms with E-state index < -0.39 is 5.97 Å². The zero-order valence-electron chi connectivity index (χ0n) is 14.1. The summed E-state index contributed by atoms with van der Waals surface area (Å²) in [6.45, 7) is 5.65. The summed E-state index contributed by atoms with van der Waals surface area (Å²) >= 11 is 7.56. The second kappa shape index (κ2) is 6.98. The van der Waals surface area contributed by atoms with Gasteiger partial charge in [-0.3, -0.25) is 9.36 Å². The summed E-state index contributed by atoms with van der Waals surface area (Å²) in [4.78, 5) is 29.5. The van der Waals surface area contributed by atoms with E-state index in [1.165, 1.54) is 22.2 Å². The van der Waals surface area contributed by atoms with Gasteiger partial charge in [-0.05, 0) is 47.5 Å². The first-order valence-electron chi connectivity index (χ1n) is 7.80. The van der Waals surface area contributed by atoms with Gasteiger partial charge in [0.15, 0.2) is 0 Å². The standard InChI is InChI=1S/C18H17ClN2O3S/c1-10(2)13-7-14(19)11(3)6-15(13)24-16(22)8-21-9-20-17-12(18(21)23)4-5-25-17/h4-7,9-10H,8H2,1-3H3. The molecule has 0 bridgehead atoms. The Hall–Kier alpha value is -2.18. The van der Waals surface area contributed by atoms with Crippen LogP contribution in [0.3, 0.4) is 0 Å². The molecular weight excluding hydrogens is 360 g/mol. The smallest absolute Gasteiger partial charge is 0.331 e. The van der Waals surface area contributed by atoms with Crippen LogP contribution in [0.1, 0.15) is 30.9 Å². The first-order chi connectivity index (χ1) is 11.9. The van der Waals surface area contributed by atoms with E-state index in [0.717, 1.165) is 11.1 Å². The first kappa shape index (κ1) is 17.6. The van der Waals surface area contributed by atoms with Gasteiger partial charge in [0.05, 0.1) is 11.7 Å². The third-order valence-electron chi connectivity index (χ3n) is 3.89. The normalized spacial score (nSPS) is 11.2. The monoisotopic (exact) mass is 376 g/mol. The maximum absolute atomic E-state index is 12.4. The number of benzene rings is 1. The van der Waals surface area contributed by atoms with Crippen LogP contribution in [0.15, 0.2) is 34.7 Å². The molecule has 0 amide bonds. The van der Waals surface area contributed by atoms with Crippen molar-refractivity contribution in [3.63, 3.8) is 0 Å². The van der Waals surface area contributed by atoms with Gasteiger partial charge in [0.25, 0.3) is 5.56 Å². The molecule has 0 saturated heterocycles. The van der Waals surface area contributed by atoms with Gasteiger partial charge in [-0.2, -0.15) is 0 Å². The number of carbonyl (C=O) groups is 1. The Morgan fingerprint density at radius 2 is 2.16 bits per heavy atom. The van der Waals surface area contributed by atoms with E-state index in [2.05, 4.69) is 4.98 Å². The van der Waals surface area contributed by atoms with E-state index in [4.69, 9.17) is 16.3 Å². The van der Waals surface area contributed by atoms with Crippen molar-refractivity contribution in [3.8, 4) is 5.75 Å². The summed E-state index contributed by atoms with van der Waals surface area (Å²) in [5, 5.41) is 2.94. The van der Waals surface area contributed by atoms with Crippen molar-refractivity contribution in [2.24, 2.45) is 0 Å². The minimum atomic E-state index is -0.526. The Morgan fingerprint density at radius 1 is 1.40 bits per heavy atom. The van der Waals surface area contributed by atoms with Crippen LogP contribution >= 0.6 is 22.9 Å². The highest BCUT2D eigenvalue weighted by molar-refractivity contribution is 7.16.